The van der Waals surface area contributed by atoms with Gasteiger partial charge in [0.25, 0.3) is 5.91 Å². The van der Waals surface area contributed by atoms with Crippen molar-refractivity contribution in [2.75, 3.05) is 6.26 Å². The molecule has 1 amide bonds. The minimum absolute atomic E-state index is 0.335. The van der Waals surface area contributed by atoms with Crippen molar-refractivity contribution in [1.29, 1.82) is 0 Å². The second-order valence-electron chi connectivity index (χ2n) is 4.39. The zero-order valence-corrected chi connectivity index (χ0v) is 12.7. The largest absolute Gasteiger partial charge is 0.276 e. The molecule has 0 bridgehead atoms. The number of carbonyl (C=O) groups excluding carboxylic acids is 1. The third kappa shape index (κ3) is 3.88. The molecule has 2 aromatic rings. The van der Waals surface area contributed by atoms with Crippen LogP contribution in [0.4, 0.5) is 0 Å². The van der Waals surface area contributed by atoms with Crippen molar-refractivity contribution in [3.05, 3.63) is 51.5 Å². The molecule has 106 valence electrons. The first-order chi connectivity index (χ1) is 9.35. The highest BCUT2D eigenvalue weighted by molar-refractivity contribution is 7.89. The molecule has 1 aromatic heterocycles. The molecule has 1 heterocycles. The Hall–Kier alpha value is -1.73. The van der Waals surface area contributed by atoms with Crippen molar-refractivity contribution in [3.8, 4) is 0 Å². The number of hydrogen-bond donors (Lipinski definition) is 1. The van der Waals surface area contributed by atoms with Crippen molar-refractivity contribution >= 4 is 27.3 Å². The molecule has 0 fully saturated rings. The smallest absolute Gasteiger partial charge is 0.267 e. The molecule has 0 atom stereocenters. The minimum Gasteiger partial charge on any atom is -0.267 e. The summed E-state index contributed by atoms with van der Waals surface area (Å²) < 4.78 is 24.1. The lowest BCUT2D eigenvalue weighted by Gasteiger charge is -1.99. The number of carbonyl (C=O) groups is 1. The van der Waals surface area contributed by atoms with E-state index in [1.807, 2.05) is 35.1 Å². The third-order valence-electron chi connectivity index (χ3n) is 2.52. The van der Waals surface area contributed by atoms with Crippen molar-refractivity contribution in [2.45, 2.75) is 13.3 Å². The molecule has 0 radical (unpaired) electrons. The second-order valence-corrected chi connectivity index (χ2v) is 7.22. The Kier molecular flexibility index (Phi) is 4.20. The van der Waals surface area contributed by atoms with Gasteiger partial charge in [-0.1, -0.05) is 30.3 Å². The molecule has 5 nitrogen and oxygen atoms in total. The number of nitrogens with one attached hydrogen (secondary N) is 1. The maximum atomic E-state index is 11.8. The SMILES string of the molecule is Cc1nc(Cc2ccccc2)sc1C(=O)NS(C)(=O)=O. The van der Waals surface area contributed by atoms with Gasteiger partial charge in [0.05, 0.1) is 17.0 Å². The molecule has 0 saturated heterocycles. The van der Waals surface area contributed by atoms with Gasteiger partial charge >= 0.3 is 0 Å². The van der Waals surface area contributed by atoms with E-state index in [4.69, 9.17) is 0 Å². The van der Waals surface area contributed by atoms with Gasteiger partial charge in [-0.15, -0.1) is 11.3 Å². The van der Waals surface area contributed by atoms with Gasteiger partial charge in [-0.3, -0.25) is 4.79 Å². The summed E-state index contributed by atoms with van der Waals surface area (Å²) in [5.74, 6) is -0.623. The number of rotatable bonds is 4. The van der Waals surface area contributed by atoms with Crippen molar-refractivity contribution in [1.82, 2.24) is 9.71 Å². The summed E-state index contributed by atoms with van der Waals surface area (Å²) >= 11 is 1.22. The Morgan fingerprint density at radius 3 is 2.55 bits per heavy atom. The predicted molar refractivity (Wildman–Crippen MR) is 78.4 cm³/mol. The van der Waals surface area contributed by atoms with Gasteiger partial charge in [0, 0.05) is 6.42 Å². The van der Waals surface area contributed by atoms with Crippen LogP contribution in [0.25, 0.3) is 0 Å². The lowest BCUT2D eigenvalue weighted by atomic mass is 10.2. The lowest BCUT2D eigenvalue weighted by molar-refractivity contribution is 0.0985. The summed E-state index contributed by atoms with van der Waals surface area (Å²) in [7, 11) is -3.56. The summed E-state index contributed by atoms with van der Waals surface area (Å²) in [6.45, 7) is 1.70. The van der Waals surface area contributed by atoms with Crippen LogP contribution in [0, 0.1) is 6.92 Å². The summed E-state index contributed by atoms with van der Waals surface area (Å²) in [5, 5.41) is 0.785. The molecule has 0 aliphatic carbocycles. The van der Waals surface area contributed by atoms with Gasteiger partial charge in [0.1, 0.15) is 4.88 Å². The van der Waals surface area contributed by atoms with Crippen LogP contribution in [0.1, 0.15) is 25.9 Å². The van der Waals surface area contributed by atoms with Gasteiger partial charge < -0.3 is 0 Å². The van der Waals surface area contributed by atoms with Crippen LogP contribution >= 0.6 is 11.3 Å². The van der Waals surface area contributed by atoms with E-state index >= 15 is 0 Å². The van der Waals surface area contributed by atoms with E-state index in [1.54, 1.807) is 6.92 Å². The van der Waals surface area contributed by atoms with Crippen LogP contribution in [-0.2, 0) is 16.4 Å². The molecule has 1 aromatic carbocycles. The van der Waals surface area contributed by atoms with Crippen molar-refractivity contribution in [2.24, 2.45) is 0 Å². The Bertz CT molecular complexity index is 721. The van der Waals surface area contributed by atoms with Crippen LogP contribution in [0.5, 0.6) is 0 Å². The quantitative estimate of drug-likeness (QED) is 0.933. The predicted octanol–water partition coefficient (Wildman–Crippen LogP) is 1.73. The summed E-state index contributed by atoms with van der Waals surface area (Å²) in [5.41, 5.74) is 1.64. The molecule has 7 heteroatoms. The number of sulfonamides is 1. The minimum atomic E-state index is -3.56. The molecule has 20 heavy (non-hydrogen) atoms. The van der Waals surface area contributed by atoms with Gasteiger partial charge in [0.15, 0.2) is 0 Å². The van der Waals surface area contributed by atoms with Gasteiger partial charge in [-0.05, 0) is 12.5 Å². The van der Waals surface area contributed by atoms with Gasteiger partial charge in [-0.25, -0.2) is 18.1 Å². The average molecular weight is 310 g/mol. The average Bonchev–Trinajstić information content (AvgIpc) is 2.69. The Balaban J connectivity index is 2.20. The number of thiazole rings is 1. The van der Waals surface area contributed by atoms with Gasteiger partial charge in [-0.2, -0.15) is 0 Å². The van der Waals surface area contributed by atoms with E-state index in [2.05, 4.69) is 4.98 Å². The number of nitrogens with zero attached hydrogens (tertiary/aromatic N) is 1. The van der Waals surface area contributed by atoms with E-state index in [-0.39, 0.29) is 0 Å². The monoisotopic (exact) mass is 310 g/mol. The summed E-state index contributed by atoms with van der Waals surface area (Å²) in [4.78, 5) is 16.5. The van der Waals surface area contributed by atoms with E-state index in [0.29, 0.717) is 17.0 Å². The second kappa shape index (κ2) is 5.72. The Morgan fingerprint density at radius 1 is 1.30 bits per heavy atom. The highest BCUT2D eigenvalue weighted by Crippen LogP contribution is 2.20. The van der Waals surface area contributed by atoms with Crippen LogP contribution < -0.4 is 4.72 Å². The van der Waals surface area contributed by atoms with E-state index in [9.17, 15) is 13.2 Å². The first kappa shape index (κ1) is 14.7. The maximum absolute atomic E-state index is 11.8. The highest BCUT2D eigenvalue weighted by atomic mass is 32.2. The van der Waals surface area contributed by atoms with Crippen LogP contribution in [-0.4, -0.2) is 25.6 Å². The fraction of sp³-hybridized carbons (Fsp3) is 0.231. The summed E-state index contributed by atoms with van der Waals surface area (Å²) in [6, 6.07) is 9.77. The normalized spacial score (nSPS) is 11.3. The van der Waals surface area contributed by atoms with E-state index in [0.717, 1.165) is 16.8 Å². The van der Waals surface area contributed by atoms with E-state index < -0.39 is 15.9 Å². The molecular weight excluding hydrogens is 296 g/mol. The molecule has 0 saturated carbocycles. The number of aromatic nitrogens is 1. The first-order valence-electron chi connectivity index (χ1n) is 5.87. The lowest BCUT2D eigenvalue weighted by Crippen LogP contribution is -2.29. The zero-order valence-electron chi connectivity index (χ0n) is 11.1. The standard InChI is InChI=1S/C13H14N2O3S2/c1-9-12(13(16)15-20(2,17)18)19-11(14-9)8-10-6-4-3-5-7-10/h3-7H,8H2,1-2H3,(H,15,16). The van der Waals surface area contributed by atoms with Crippen molar-refractivity contribution in [3.63, 3.8) is 0 Å². The number of benzene rings is 1. The highest BCUT2D eigenvalue weighted by Gasteiger charge is 2.18. The van der Waals surface area contributed by atoms with Crippen molar-refractivity contribution < 1.29 is 13.2 Å². The molecule has 0 spiro atoms. The Labute approximate surface area is 121 Å². The van der Waals surface area contributed by atoms with Crippen LogP contribution in [0.3, 0.4) is 0 Å². The summed E-state index contributed by atoms with van der Waals surface area (Å²) in [6.07, 6.45) is 1.57. The number of amides is 1. The maximum Gasteiger partial charge on any atom is 0.276 e. The number of aryl methyl sites for hydroxylation is 1. The Morgan fingerprint density at radius 2 is 1.95 bits per heavy atom. The fourth-order valence-corrected chi connectivity index (χ4v) is 3.22. The number of hydrogen-bond acceptors (Lipinski definition) is 5. The zero-order chi connectivity index (χ0) is 14.8. The van der Waals surface area contributed by atoms with Gasteiger partial charge in [0.2, 0.25) is 10.0 Å². The molecule has 0 aliphatic heterocycles. The molecular formula is C13H14N2O3S2. The fourth-order valence-electron chi connectivity index (χ4n) is 1.72. The van der Waals surface area contributed by atoms with Crippen LogP contribution in [0.15, 0.2) is 30.3 Å². The molecule has 0 aliphatic rings. The first-order valence-corrected chi connectivity index (χ1v) is 8.58. The molecule has 2 rings (SSSR count). The molecule has 0 unspecified atom stereocenters. The van der Waals surface area contributed by atoms with Crippen LogP contribution in [0.2, 0.25) is 0 Å². The van der Waals surface area contributed by atoms with E-state index in [1.165, 1.54) is 11.3 Å². The molecule has 1 N–H and O–H groups in total. The topological polar surface area (TPSA) is 76.1 Å². The third-order valence-corrected chi connectivity index (χ3v) is 4.24.